The number of rotatable bonds is 9. The number of methoxy groups -OCH3 is 1. The Bertz CT molecular complexity index is 386. The molecule has 1 aliphatic heterocycles. The molecule has 1 aromatic rings. The first kappa shape index (κ1) is 16.3. The van der Waals surface area contributed by atoms with Crippen molar-refractivity contribution in [2.75, 3.05) is 46.6 Å². The molecule has 0 aliphatic carbocycles. The van der Waals surface area contributed by atoms with Crippen LogP contribution in [0.5, 0.6) is 0 Å². The summed E-state index contributed by atoms with van der Waals surface area (Å²) >= 11 is 3.64. The van der Waals surface area contributed by atoms with Crippen LogP contribution in [0.25, 0.3) is 0 Å². The molecule has 0 saturated carbocycles. The van der Waals surface area contributed by atoms with Crippen molar-refractivity contribution in [2.45, 2.75) is 23.7 Å². The highest BCUT2D eigenvalue weighted by atomic mass is 32.2. The third-order valence-corrected chi connectivity index (χ3v) is 5.32. The quantitative estimate of drug-likeness (QED) is 0.516. The molecule has 0 spiro atoms. The lowest BCUT2D eigenvalue weighted by Crippen LogP contribution is -2.29. The van der Waals surface area contributed by atoms with Gasteiger partial charge in [0, 0.05) is 39.0 Å². The van der Waals surface area contributed by atoms with Crippen LogP contribution >= 0.6 is 23.3 Å². The summed E-state index contributed by atoms with van der Waals surface area (Å²) in [5, 5.41) is 2.15. The number of fused-ring (bicyclic) bond motifs is 1. The molecule has 0 fully saturated rings. The maximum Gasteiger partial charge on any atom is 0.0981 e. The van der Waals surface area contributed by atoms with E-state index in [9.17, 15) is 0 Å². The fraction of sp³-hybridized carbons (Fsp3) is 0.714. The summed E-state index contributed by atoms with van der Waals surface area (Å²) in [6.07, 6.45) is 1.22. The molecule has 0 aromatic carbocycles. The Morgan fingerprint density at radius 2 is 2.25 bits per heavy atom. The summed E-state index contributed by atoms with van der Waals surface area (Å²) in [4.78, 5) is 0. The molecule has 2 heterocycles. The summed E-state index contributed by atoms with van der Waals surface area (Å²) in [6.45, 7) is 6.85. The lowest BCUT2D eigenvalue weighted by molar-refractivity contribution is -0.00261. The van der Waals surface area contributed by atoms with Crippen LogP contribution in [-0.4, -0.2) is 50.9 Å². The Kier molecular flexibility index (Phi) is 7.33. The zero-order valence-corrected chi connectivity index (χ0v) is 13.8. The third kappa shape index (κ3) is 4.72. The highest BCUT2D eigenvalue weighted by molar-refractivity contribution is 7.99. The average molecular weight is 317 g/mol. The van der Waals surface area contributed by atoms with E-state index in [0.29, 0.717) is 13.2 Å². The number of hydrogen-bond acceptors (Lipinski definition) is 6. The van der Waals surface area contributed by atoms with E-state index in [1.165, 1.54) is 9.77 Å². The highest BCUT2D eigenvalue weighted by Gasteiger charge is 2.27. The SMILES string of the molecule is CCOCCOC1CN(CCCOC)Sc2sccc21. The molecule has 6 heteroatoms. The van der Waals surface area contributed by atoms with E-state index in [4.69, 9.17) is 14.2 Å². The minimum absolute atomic E-state index is 0.167. The van der Waals surface area contributed by atoms with Crippen LogP contribution in [0.2, 0.25) is 0 Å². The first-order chi connectivity index (χ1) is 9.85. The minimum Gasteiger partial charge on any atom is -0.385 e. The van der Waals surface area contributed by atoms with Gasteiger partial charge in [0.15, 0.2) is 0 Å². The van der Waals surface area contributed by atoms with Gasteiger partial charge in [0.1, 0.15) is 0 Å². The van der Waals surface area contributed by atoms with E-state index in [0.717, 1.165) is 32.7 Å². The second-order valence-electron chi connectivity index (χ2n) is 4.55. The van der Waals surface area contributed by atoms with Crippen molar-refractivity contribution in [2.24, 2.45) is 0 Å². The highest BCUT2D eigenvalue weighted by Crippen LogP contribution is 2.41. The standard InChI is InChI=1S/C14H23NO3S2/c1-3-17-8-9-18-13-11-15(6-4-7-16-2)20-14-12(13)5-10-19-14/h5,10,13H,3-4,6-9,11H2,1-2H3. The third-order valence-electron chi connectivity index (χ3n) is 3.09. The second-order valence-corrected chi connectivity index (χ2v) is 6.83. The first-order valence-corrected chi connectivity index (χ1v) is 8.69. The molecule has 114 valence electrons. The van der Waals surface area contributed by atoms with Gasteiger partial charge >= 0.3 is 0 Å². The molecular weight excluding hydrogens is 294 g/mol. The largest absolute Gasteiger partial charge is 0.385 e. The monoisotopic (exact) mass is 317 g/mol. The maximum atomic E-state index is 6.00. The number of nitrogens with zero attached hydrogens (tertiary/aromatic N) is 1. The molecule has 0 amide bonds. The van der Waals surface area contributed by atoms with Crippen LogP contribution in [0.4, 0.5) is 0 Å². The molecule has 2 rings (SSSR count). The summed E-state index contributed by atoms with van der Waals surface area (Å²) in [5.41, 5.74) is 1.33. The van der Waals surface area contributed by atoms with Crippen molar-refractivity contribution in [3.8, 4) is 0 Å². The molecule has 4 nitrogen and oxygen atoms in total. The normalized spacial score (nSPS) is 19.2. The van der Waals surface area contributed by atoms with E-state index >= 15 is 0 Å². The zero-order valence-electron chi connectivity index (χ0n) is 12.2. The number of ether oxygens (including phenoxy) is 3. The number of thiophene rings is 1. The zero-order chi connectivity index (χ0) is 14.2. The fourth-order valence-corrected chi connectivity index (χ4v) is 4.41. The summed E-state index contributed by atoms with van der Waals surface area (Å²) < 4.78 is 20.2. The first-order valence-electron chi connectivity index (χ1n) is 7.03. The van der Waals surface area contributed by atoms with Gasteiger partial charge in [-0.15, -0.1) is 11.3 Å². The Hall–Kier alpha value is -0.110. The van der Waals surface area contributed by atoms with Gasteiger partial charge in [-0.3, -0.25) is 0 Å². The van der Waals surface area contributed by atoms with Crippen LogP contribution in [0.1, 0.15) is 25.0 Å². The molecule has 1 aliphatic rings. The van der Waals surface area contributed by atoms with Crippen molar-refractivity contribution in [3.05, 3.63) is 17.0 Å². The molecule has 1 unspecified atom stereocenters. The van der Waals surface area contributed by atoms with Gasteiger partial charge in [-0.25, -0.2) is 4.31 Å². The van der Waals surface area contributed by atoms with Crippen LogP contribution in [-0.2, 0) is 14.2 Å². The van der Waals surface area contributed by atoms with E-state index in [-0.39, 0.29) is 6.10 Å². The van der Waals surface area contributed by atoms with Gasteiger partial charge in [0.05, 0.1) is 23.5 Å². The van der Waals surface area contributed by atoms with Crippen LogP contribution in [0.3, 0.4) is 0 Å². The Balaban J connectivity index is 1.86. The lowest BCUT2D eigenvalue weighted by Gasteiger charge is -2.31. The molecule has 1 aromatic heterocycles. The summed E-state index contributed by atoms with van der Waals surface area (Å²) in [5.74, 6) is 0. The maximum absolute atomic E-state index is 6.00. The Morgan fingerprint density at radius 3 is 3.05 bits per heavy atom. The van der Waals surface area contributed by atoms with Gasteiger partial charge in [0.25, 0.3) is 0 Å². The van der Waals surface area contributed by atoms with Crippen molar-refractivity contribution in [1.29, 1.82) is 0 Å². The van der Waals surface area contributed by atoms with Crippen molar-refractivity contribution in [3.63, 3.8) is 0 Å². The van der Waals surface area contributed by atoms with Crippen LogP contribution < -0.4 is 0 Å². The molecule has 1 atom stereocenters. The van der Waals surface area contributed by atoms with Crippen molar-refractivity contribution >= 4 is 23.3 Å². The van der Waals surface area contributed by atoms with Gasteiger partial charge < -0.3 is 14.2 Å². The van der Waals surface area contributed by atoms with Gasteiger partial charge in [-0.05, 0) is 36.7 Å². The van der Waals surface area contributed by atoms with E-state index in [1.54, 1.807) is 18.4 Å². The fourth-order valence-electron chi connectivity index (χ4n) is 2.11. The van der Waals surface area contributed by atoms with Crippen molar-refractivity contribution in [1.82, 2.24) is 4.31 Å². The molecule has 0 bridgehead atoms. The smallest absolute Gasteiger partial charge is 0.0981 e. The molecule has 0 radical (unpaired) electrons. The summed E-state index contributed by atoms with van der Waals surface area (Å²) in [6, 6.07) is 2.19. The second kappa shape index (κ2) is 9.02. The van der Waals surface area contributed by atoms with Gasteiger partial charge in [0.2, 0.25) is 0 Å². The van der Waals surface area contributed by atoms with Crippen LogP contribution in [0, 0.1) is 0 Å². The van der Waals surface area contributed by atoms with E-state index in [2.05, 4.69) is 15.8 Å². The molecule has 20 heavy (non-hydrogen) atoms. The molecule has 0 N–H and O–H groups in total. The summed E-state index contributed by atoms with van der Waals surface area (Å²) in [7, 11) is 1.75. The van der Waals surface area contributed by atoms with E-state index < -0.39 is 0 Å². The minimum atomic E-state index is 0.167. The van der Waals surface area contributed by atoms with Gasteiger partial charge in [-0.1, -0.05) is 0 Å². The lowest BCUT2D eigenvalue weighted by atomic mass is 10.2. The Morgan fingerprint density at radius 1 is 1.35 bits per heavy atom. The predicted octanol–water partition coefficient (Wildman–Crippen LogP) is 3.20. The Labute approximate surface area is 129 Å². The van der Waals surface area contributed by atoms with Gasteiger partial charge in [-0.2, -0.15) is 0 Å². The topological polar surface area (TPSA) is 30.9 Å². The molecule has 0 saturated heterocycles. The van der Waals surface area contributed by atoms with Crippen LogP contribution in [0.15, 0.2) is 15.7 Å². The number of hydrogen-bond donors (Lipinski definition) is 0. The predicted molar refractivity (Wildman–Crippen MR) is 83.4 cm³/mol. The molecular formula is C14H23NO3S2. The van der Waals surface area contributed by atoms with Crippen molar-refractivity contribution < 1.29 is 14.2 Å². The van der Waals surface area contributed by atoms with E-state index in [1.807, 2.05) is 18.9 Å². The average Bonchev–Trinajstić information content (AvgIpc) is 2.92.